The second-order valence-corrected chi connectivity index (χ2v) is 10.0. The Morgan fingerprint density at radius 2 is 2.00 bits per heavy atom. The molecule has 0 saturated carbocycles. The number of nitrogens with zero attached hydrogens (tertiary/aromatic N) is 3. The van der Waals surface area contributed by atoms with Crippen molar-refractivity contribution in [2.24, 2.45) is 0 Å². The molecule has 2 aliphatic heterocycles. The highest BCUT2D eigenvalue weighted by Gasteiger charge is 2.39. The normalized spacial score (nSPS) is 19.2. The summed E-state index contributed by atoms with van der Waals surface area (Å²) in [6.45, 7) is 6.02. The van der Waals surface area contributed by atoms with Crippen LogP contribution in [0.1, 0.15) is 37.7 Å². The number of amides is 2. The number of fused-ring (bicyclic) bond motifs is 8. The standard InChI is InChI=1S/C27H29N5O5/c1-27(2,3)37-26(34)32-14-19-12-17(32)15-35-22-10-5-4-9-20(22)31-25(33)23-24(28)29-13-21(30-23)16-7-6-8-18(11-16)36-19/h4-11,13,17,19H,12,14-15H2,1-3H3,(H2,28,29)(H,31,33)/t17-,19+/m0/s1. The van der Waals surface area contributed by atoms with E-state index in [1.807, 2.05) is 45.0 Å². The van der Waals surface area contributed by atoms with Crippen LogP contribution in [0, 0.1) is 0 Å². The van der Waals surface area contributed by atoms with Crippen LogP contribution in [0.5, 0.6) is 11.5 Å². The second kappa shape index (κ2) is 9.61. The first-order valence-electron chi connectivity index (χ1n) is 12.1. The summed E-state index contributed by atoms with van der Waals surface area (Å²) in [5.41, 5.74) is 7.00. The van der Waals surface area contributed by atoms with Gasteiger partial charge in [-0.3, -0.25) is 9.69 Å². The molecule has 6 bridgehead atoms. The molecule has 192 valence electrons. The van der Waals surface area contributed by atoms with Gasteiger partial charge in [0.05, 0.1) is 30.2 Å². The van der Waals surface area contributed by atoms with Gasteiger partial charge in [-0.1, -0.05) is 24.3 Å². The lowest BCUT2D eigenvalue weighted by Crippen LogP contribution is -2.42. The lowest BCUT2D eigenvalue weighted by molar-refractivity contribution is 0.0176. The van der Waals surface area contributed by atoms with Gasteiger partial charge in [-0.2, -0.15) is 0 Å². The van der Waals surface area contributed by atoms with Crippen molar-refractivity contribution in [1.82, 2.24) is 14.9 Å². The molecular formula is C27H29N5O5. The van der Waals surface area contributed by atoms with E-state index in [-0.39, 0.29) is 30.3 Å². The Kier molecular flexibility index (Phi) is 6.32. The van der Waals surface area contributed by atoms with Crippen LogP contribution in [0.25, 0.3) is 11.3 Å². The minimum Gasteiger partial charge on any atom is -0.489 e. The summed E-state index contributed by atoms with van der Waals surface area (Å²) in [7, 11) is 0. The fourth-order valence-corrected chi connectivity index (χ4v) is 4.35. The Labute approximate surface area is 214 Å². The first-order chi connectivity index (χ1) is 17.7. The van der Waals surface area contributed by atoms with Crippen molar-refractivity contribution in [2.75, 3.05) is 24.2 Å². The predicted molar refractivity (Wildman–Crippen MR) is 138 cm³/mol. The van der Waals surface area contributed by atoms with Crippen LogP contribution < -0.4 is 20.5 Å². The minimum absolute atomic E-state index is 0.00175. The highest BCUT2D eigenvalue weighted by molar-refractivity contribution is 6.06. The molecule has 0 radical (unpaired) electrons. The molecular weight excluding hydrogens is 474 g/mol. The lowest BCUT2D eigenvalue weighted by Gasteiger charge is -2.28. The summed E-state index contributed by atoms with van der Waals surface area (Å²) in [6, 6.07) is 14.1. The molecule has 3 N–H and O–H groups in total. The number of carbonyl (C=O) groups is 2. The summed E-state index contributed by atoms with van der Waals surface area (Å²) in [5, 5.41) is 2.83. The monoisotopic (exact) mass is 503 g/mol. The largest absolute Gasteiger partial charge is 0.489 e. The number of anilines is 2. The van der Waals surface area contributed by atoms with Gasteiger partial charge in [0.15, 0.2) is 11.5 Å². The first-order valence-corrected chi connectivity index (χ1v) is 12.1. The van der Waals surface area contributed by atoms with E-state index < -0.39 is 17.6 Å². The van der Waals surface area contributed by atoms with Crippen LogP contribution in [-0.2, 0) is 4.74 Å². The number of hydrogen-bond donors (Lipinski definition) is 2. The molecule has 1 saturated heterocycles. The molecule has 2 amide bonds. The molecule has 0 spiro atoms. The van der Waals surface area contributed by atoms with Crippen molar-refractivity contribution in [3.05, 3.63) is 60.4 Å². The molecule has 1 aromatic heterocycles. The van der Waals surface area contributed by atoms with Crippen molar-refractivity contribution in [2.45, 2.75) is 44.9 Å². The van der Waals surface area contributed by atoms with Crippen molar-refractivity contribution in [3.63, 3.8) is 0 Å². The maximum absolute atomic E-state index is 13.1. The number of carbonyl (C=O) groups excluding carboxylic acids is 2. The number of rotatable bonds is 0. The number of ether oxygens (including phenoxy) is 3. The number of likely N-dealkylation sites (tertiary alicyclic amines) is 1. The maximum atomic E-state index is 13.1. The fraction of sp³-hybridized carbons (Fsp3) is 0.333. The zero-order chi connectivity index (χ0) is 26.2. The minimum atomic E-state index is -0.640. The predicted octanol–water partition coefficient (Wildman–Crippen LogP) is 4.13. The smallest absolute Gasteiger partial charge is 0.410 e. The summed E-state index contributed by atoms with van der Waals surface area (Å²) >= 11 is 0. The van der Waals surface area contributed by atoms with E-state index in [1.54, 1.807) is 29.2 Å². The van der Waals surface area contributed by atoms with Crippen LogP contribution in [0.3, 0.4) is 0 Å². The topological polar surface area (TPSA) is 129 Å². The lowest BCUT2D eigenvalue weighted by atomic mass is 10.1. The van der Waals surface area contributed by atoms with Gasteiger partial charge in [0.2, 0.25) is 0 Å². The molecule has 37 heavy (non-hydrogen) atoms. The number of hydrogen-bond acceptors (Lipinski definition) is 8. The van der Waals surface area contributed by atoms with Gasteiger partial charge in [0.1, 0.15) is 29.8 Å². The summed E-state index contributed by atoms with van der Waals surface area (Å²) in [4.78, 5) is 36.5. The fourth-order valence-electron chi connectivity index (χ4n) is 4.35. The average molecular weight is 504 g/mol. The van der Waals surface area contributed by atoms with Gasteiger partial charge in [0.25, 0.3) is 5.91 Å². The van der Waals surface area contributed by atoms with Gasteiger partial charge in [-0.15, -0.1) is 0 Å². The van der Waals surface area contributed by atoms with E-state index in [0.717, 1.165) is 0 Å². The van der Waals surface area contributed by atoms with Crippen LogP contribution in [0.2, 0.25) is 0 Å². The molecule has 2 aliphatic rings. The van der Waals surface area contributed by atoms with Crippen molar-refractivity contribution in [3.8, 4) is 22.8 Å². The number of nitrogens with one attached hydrogen (secondary N) is 1. The van der Waals surface area contributed by atoms with E-state index in [4.69, 9.17) is 19.9 Å². The maximum Gasteiger partial charge on any atom is 0.410 e. The third-order valence-electron chi connectivity index (χ3n) is 6.02. The van der Waals surface area contributed by atoms with Gasteiger partial charge >= 0.3 is 6.09 Å². The highest BCUT2D eigenvalue weighted by Crippen LogP contribution is 2.31. The number of aromatic nitrogens is 2. The Hall–Kier alpha value is -4.34. The Morgan fingerprint density at radius 3 is 2.81 bits per heavy atom. The zero-order valence-electron chi connectivity index (χ0n) is 20.9. The number of para-hydroxylation sites is 2. The molecule has 10 heteroatoms. The third-order valence-corrected chi connectivity index (χ3v) is 6.02. The van der Waals surface area contributed by atoms with Crippen molar-refractivity contribution < 1.29 is 23.8 Å². The molecule has 2 atom stereocenters. The Balaban J connectivity index is 1.54. The summed E-state index contributed by atoms with van der Waals surface area (Å²) in [6.07, 6.45) is 1.36. The molecule has 3 aromatic rings. The van der Waals surface area contributed by atoms with Crippen molar-refractivity contribution in [1.29, 1.82) is 0 Å². The van der Waals surface area contributed by atoms with Crippen LogP contribution in [0.4, 0.5) is 16.3 Å². The number of benzene rings is 2. The van der Waals surface area contributed by atoms with Crippen molar-refractivity contribution >= 4 is 23.5 Å². The van der Waals surface area contributed by atoms with Gasteiger partial charge in [-0.05, 0) is 45.0 Å². The third kappa shape index (κ3) is 5.42. The van der Waals surface area contributed by atoms with Gasteiger partial charge in [-0.25, -0.2) is 14.8 Å². The van der Waals surface area contributed by atoms with Crippen LogP contribution >= 0.6 is 0 Å². The van der Waals surface area contributed by atoms with Gasteiger partial charge < -0.3 is 25.3 Å². The average Bonchev–Trinajstić information content (AvgIpc) is 3.25. The quantitative estimate of drug-likeness (QED) is 0.469. The Bertz CT molecular complexity index is 1340. The second-order valence-electron chi connectivity index (χ2n) is 10.0. The summed E-state index contributed by atoms with van der Waals surface area (Å²) in [5.74, 6) is 0.553. The molecule has 2 aromatic carbocycles. The highest BCUT2D eigenvalue weighted by atomic mass is 16.6. The molecule has 3 heterocycles. The van der Waals surface area contributed by atoms with Gasteiger partial charge in [0, 0.05) is 12.0 Å². The molecule has 5 rings (SSSR count). The van der Waals surface area contributed by atoms with E-state index >= 15 is 0 Å². The molecule has 1 fully saturated rings. The first kappa shape index (κ1) is 24.4. The SMILES string of the molecule is CC(C)(C)OC(=O)N1C[C@H]2C[C@H]1COc1ccccc1NC(=O)c1nc(cnc1N)-c1cccc(c1)O2. The molecule has 10 nitrogen and oxygen atoms in total. The Morgan fingerprint density at radius 1 is 1.19 bits per heavy atom. The summed E-state index contributed by atoms with van der Waals surface area (Å²) < 4.78 is 18.1. The van der Waals surface area contributed by atoms with Crippen LogP contribution in [-0.4, -0.2) is 57.8 Å². The van der Waals surface area contributed by atoms with E-state index in [0.29, 0.717) is 41.4 Å². The molecule has 0 unspecified atom stereocenters. The van der Waals surface area contributed by atoms with Crippen LogP contribution in [0.15, 0.2) is 54.7 Å². The molecule has 0 aliphatic carbocycles. The number of nitrogens with two attached hydrogens (primary N) is 1. The van der Waals surface area contributed by atoms with E-state index in [9.17, 15) is 9.59 Å². The van der Waals surface area contributed by atoms with E-state index in [2.05, 4.69) is 15.3 Å². The number of nitrogen functional groups attached to an aromatic ring is 1. The zero-order valence-corrected chi connectivity index (χ0v) is 20.9. The van der Waals surface area contributed by atoms with E-state index in [1.165, 1.54) is 6.20 Å².